The maximum atomic E-state index is 12.8. The fourth-order valence-electron chi connectivity index (χ4n) is 3.20. The lowest BCUT2D eigenvalue weighted by molar-refractivity contribution is -0.129. The van der Waals surface area contributed by atoms with E-state index in [1.807, 2.05) is 38.1 Å². The van der Waals surface area contributed by atoms with Crippen molar-refractivity contribution in [2.24, 2.45) is 0 Å². The maximum absolute atomic E-state index is 12.8. The Balaban J connectivity index is 1.35. The summed E-state index contributed by atoms with van der Waals surface area (Å²) in [6.45, 7) is 5.17. The molecule has 0 bridgehead atoms. The van der Waals surface area contributed by atoms with Crippen LogP contribution in [-0.4, -0.2) is 57.2 Å². The van der Waals surface area contributed by atoms with Crippen LogP contribution in [0.3, 0.4) is 0 Å². The normalized spacial score (nSPS) is 15.2. The van der Waals surface area contributed by atoms with Crippen molar-refractivity contribution in [1.29, 1.82) is 0 Å². The fourth-order valence-corrected chi connectivity index (χ4v) is 3.96. The smallest absolute Gasteiger partial charge is 0.233 e. The summed E-state index contributed by atoms with van der Waals surface area (Å²) < 4.78 is 18.4. The minimum atomic E-state index is -0.220. The number of hydrogen-bond acceptors (Lipinski definition) is 8. The fraction of sp³-hybridized carbons (Fsp3) is 0.350. The van der Waals surface area contributed by atoms with Gasteiger partial charge in [0.25, 0.3) is 0 Å². The molecule has 2 N–H and O–H groups in total. The van der Waals surface area contributed by atoms with E-state index < -0.39 is 0 Å². The Bertz CT molecular complexity index is 1030. The van der Waals surface area contributed by atoms with Gasteiger partial charge in [-0.3, -0.25) is 4.79 Å². The summed E-state index contributed by atoms with van der Waals surface area (Å²) in [4.78, 5) is 14.5. The number of nitrogen functional groups attached to an aromatic ring is 1. The van der Waals surface area contributed by atoms with E-state index >= 15 is 0 Å². The molecule has 1 atom stereocenters. The van der Waals surface area contributed by atoms with Crippen LogP contribution in [0.1, 0.15) is 12.7 Å². The molecule has 0 saturated heterocycles. The number of para-hydroxylation sites is 2. The predicted molar refractivity (Wildman–Crippen MR) is 112 cm³/mol. The molecule has 1 aliphatic rings. The van der Waals surface area contributed by atoms with Crippen molar-refractivity contribution in [3.63, 3.8) is 0 Å². The highest BCUT2D eigenvalue weighted by molar-refractivity contribution is 7.99. The van der Waals surface area contributed by atoms with Crippen molar-refractivity contribution in [3.05, 3.63) is 42.4 Å². The quantitative estimate of drug-likeness (QED) is 0.450. The molecule has 4 rings (SSSR count). The maximum Gasteiger partial charge on any atom is 0.233 e. The van der Waals surface area contributed by atoms with Crippen LogP contribution in [0.4, 0.5) is 0 Å². The van der Waals surface area contributed by atoms with E-state index in [1.54, 1.807) is 17.2 Å². The zero-order valence-corrected chi connectivity index (χ0v) is 17.6. The van der Waals surface area contributed by atoms with Gasteiger partial charge in [-0.1, -0.05) is 23.9 Å². The molecule has 30 heavy (non-hydrogen) atoms. The molecule has 10 heteroatoms. The van der Waals surface area contributed by atoms with Crippen molar-refractivity contribution in [3.8, 4) is 22.9 Å². The lowest BCUT2D eigenvalue weighted by Crippen LogP contribution is -2.44. The van der Waals surface area contributed by atoms with Gasteiger partial charge in [0.1, 0.15) is 12.4 Å². The van der Waals surface area contributed by atoms with Crippen LogP contribution in [0.5, 0.6) is 11.5 Å². The number of hydrogen-bond donors (Lipinski definition) is 1. The number of carbonyl (C=O) groups excluding carboxylic acids is 1. The van der Waals surface area contributed by atoms with Crippen molar-refractivity contribution >= 4 is 17.7 Å². The van der Waals surface area contributed by atoms with Gasteiger partial charge in [0.05, 0.1) is 24.1 Å². The first kappa shape index (κ1) is 20.1. The molecule has 158 valence electrons. The van der Waals surface area contributed by atoms with Crippen LogP contribution >= 0.6 is 11.8 Å². The molecule has 1 aliphatic heterocycles. The van der Waals surface area contributed by atoms with Gasteiger partial charge in [0.2, 0.25) is 11.1 Å². The number of ether oxygens (including phenoxy) is 2. The molecule has 0 aliphatic carbocycles. The second-order valence-electron chi connectivity index (χ2n) is 6.79. The van der Waals surface area contributed by atoms with Gasteiger partial charge in [-0.15, -0.1) is 10.2 Å². The molecule has 0 spiro atoms. The Morgan fingerprint density at radius 2 is 2.10 bits per heavy atom. The van der Waals surface area contributed by atoms with E-state index in [0.717, 1.165) is 11.3 Å². The highest BCUT2D eigenvalue weighted by Crippen LogP contribution is 2.31. The largest absolute Gasteiger partial charge is 0.486 e. The molecule has 9 nitrogen and oxygen atoms in total. The van der Waals surface area contributed by atoms with Crippen LogP contribution in [0.25, 0.3) is 11.4 Å². The molecule has 0 saturated carbocycles. The molecule has 3 heterocycles. The molecular weight excluding hydrogens is 406 g/mol. The number of amides is 1. The topological polar surface area (TPSA) is 109 Å². The summed E-state index contributed by atoms with van der Waals surface area (Å²) in [6, 6.07) is 9.31. The average molecular weight is 430 g/mol. The Morgan fingerprint density at radius 1 is 1.30 bits per heavy atom. The Hall–Kier alpha value is -3.14. The summed E-state index contributed by atoms with van der Waals surface area (Å²) in [5.41, 5.74) is 0.771. The van der Waals surface area contributed by atoms with E-state index in [1.165, 1.54) is 16.4 Å². The monoisotopic (exact) mass is 429 g/mol. The van der Waals surface area contributed by atoms with Crippen LogP contribution in [0.2, 0.25) is 0 Å². The first-order valence-electron chi connectivity index (χ1n) is 9.60. The third-order valence-corrected chi connectivity index (χ3v) is 5.74. The molecule has 3 aromatic rings. The molecule has 0 fully saturated rings. The van der Waals surface area contributed by atoms with Gasteiger partial charge in [-0.25, -0.2) is 4.68 Å². The number of furan rings is 1. The SMILES string of the molecule is CCN(CC1COc2ccccc2O1)C(=O)CSc1nnc(-c2ccoc2C)n1N. The molecule has 1 unspecified atom stereocenters. The van der Waals surface area contributed by atoms with Crippen molar-refractivity contribution in [1.82, 2.24) is 19.8 Å². The molecule has 1 aromatic carbocycles. The lowest BCUT2D eigenvalue weighted by atomic mass is 10.2. The van der Waals surface area contributed by atoms with E-state index in [9.17, 15) is 4.79 Å². The van der Waals surface area contributed by atoms with E-state index in [2.05, 4.69) is 10.2 Å². The van der Waals surface area contributed by atoms with Gasteiger partial charge >= 0.3 is 0 Å². The standard InChI is InChI=1S/C20H23N5O4S/c1-3-24(10-14-11-28-16-6-4-5-7-17(16)29-14)18(26)12-30-20-23-22-19(25(20)21)15-8-9-27-13(15)2/h4-9,14H,3,10-12,21H2,1-2H3. The van der Waals surface area contributed by atoms with Gasteiger partial charge in [0, 0.05) is 6.54 Å². The number of fused-ring (bicyclic) bond motifs is 1. The van der Waals surface area contributed by atoms with Crippen LogP contribution in [0, 0.1) is 6.92 Å². The van der Waals surface area contributed by atoms with E-state index in [0.29, 0.717) is 42.2 Å². The van der Waals surface area contributed by atoms with Crippen LogP contribution < -0.4 is 15.3 Å². The van der Waals surface area contributed by atoms with Gasteiger partial charge in [-0.05, 0) is 32.0 Å². The summed E-state index contributed by atoms with van der Waals surface area (Å²) in [7, 11) is 0. The van der Waals surface area contributed by atoms with E-state index in [4.69, 9.17) is 19.7 Å². The minimum Gasteiger partial charge on any atom is -0.486 e. The second-order valence-corrected chi connectivity index (χ2v) is 7.73. The third-order valence-electron chi connectivity index (χ3n) is 4.81. The Kier molecular flexibility index (Phi) is 5.84. The zero-order valence-electron chi connectivity index (χ0n) is 16.8. The number of nitrogens with zero attached hydrogens (tertiary/aromatic N) is 4. The number of thioether (sulfide) groups is 1. The zero-order chi connectivity index (χ0) is 21.1. The minimum absolute atomic E-state index is 0.0333. The summed E-state index contributed by atoms with van der Waals surface area (Å²) in [5, 5.41) is 8.69. The summed E-state index contributed by atoms with van der Waals surface area (Å²) in [5.74, 6) is 8.90. The third kappa shape index (κ3) is 4.09. The van der Waals surface area contributed by atoms with Crippen molar-refractivity contribution in [2.75, 3.05) is 31.3 Å². The number of aryl methyl sites for hydroxylation is 1. The van der Waals surface area contributed by atoms with Gasteiger partial charge in [0.15, 0.2) is 23.4 Å². The Morgan fingerprint density at radius 3 is 2.83 bits per heavy atom. The van der Waals surface area contributed by atoms with E-state index in [-0.39, 0.29) is 17.8 Å². The van der Waals surface area contributed by atoms with Gasteiger partial charge in [-0.2, -0.15) is 0 Å². The number of aromatic nitrogens is 3. The number of carbonyl (C=O) groups is 1. The summed E-state index contributed by atoms with van der Waals surface area (Å²) >= 11 is 1.24. The van der Waals surface area contributed by atoms with Crippen molar-refractivity contribution < 1.29 is 18.7 Å². The number of benzene rings is 1. The lowest BCUT2D eigenvalue weighted by Gasteiger charge is -2.30. The predicted octanol–water partition coefficient (Wildman–Crippen LogP) is 2.34. The number of likely N-dealkylation sites (N-methyl/N-ethyl adjacent to an activating group) is 1. The molecular formula is C20H23N5O4S. The number of nitrogens with two attached hydrogens (primary N) is 1. The van der Waals surface area contributed by atoms with Gasteiger partial charge < -0.3 is 24.6 Å². The first-order valence-corrected chi connectivity index (χ1v) is 10.6. The molecule has 0 radical (unpaired) electrons. The molecule has 1 amide bonds. The highest BCUT2D eigenvalue weighted by atomic mass is 32.2. The van der Waals surface area contributed by atoms with Crippen molar-refractivity contribution in [2.45, 2.75) is 25.1 Å². The Labute approximate surface area is 178 Å². The van der Waals surface area contributed by atoms with Crippen LogP contribution in [0.15, 0.2) is 46.2 Å². The summed E-state index contributed by atoms with van der Waals surface area (Å²) in [6.07, 6.45) is 1.35. The first-order chi connectivity index (χ1) is 14.6. The van der Waals surface area contributed by atoms with Crippen LogP contribution in [-0.2, 0) is 4.79 Å². The second kappa shape index (κ2) is 8.70. The number of rotatable bonds is 7. The molecule has 2 aromatic heterocycles. The average Bonchev–Trinajstić information content (AvgIpc) is 3.34. The highest BCUT2D eigenvalue weighted by Gasteiger charge is 2.25.